The maximum absolute atomic E-state index is 12.6. The fourth-order valence-corrected chi connectivity index (χ4v) is 1.24. The van der Waals surface area contributed by atoms with Crippen molar-refractivity contribution in [1.82, 2.24) is 5.32 Å². The average molecular weight is 260 g/mol. The summed E-state index contributed by atoms with van der Waals surface area (Å²) in [5, 5.41) is 2.23. The Morgan fingerprint density at radius 3 is 2.53 bits per heavy atom. The van der Waals surface area contributed by atoms with Crippen molar-refractivity contribution < 1.29 is 18.7 Å². The van der Waals surface area contributed by atoms with Crippen molar-refractivity contribution in [3.05, 3.63) is 35.6 Å². The molecule has 1 atom stereocenters. The molecule has 17 heavy (non-hydrogen) atoms. The Morgan fingerprint density at radius 2 is 2.00 bits per heavy atom. The monoisotopic (exact) mass is 259 g/mol. The Morgan fingerprint density at radius 1 is 1.41 bits per heavy atom. The van der Waals surface area contributed by atoms with Gasteiger partial charge >= 0.3 is 5.97 Å². The normalized spacial score (nSPS) is 11.7. The number of alkyl halides is 1. The average Bonchev–Trinajstić information content (AvgIpc) is 2.30. The van der Waals surface area contributed by atoms with Gasteiger partial charge in [-0.05, 0) is 31.2 Å². The molecule has 0 aliphatic heterocycles. The third-order valence-electron chi connectivity index (χ3n) is 1.86. The topological polar surface area (TPSA) is 55.4 Å². The molecule has 0 saturated carbocycles. The molecular weight excluding hydrogens is 249 g/mol. The van der Waals surface area contributed by atoms with Crippen LogP contribution in [0.3, 0.4) is 0 Å². The summed E-state index contributed by atoms with van der Waals surface area (Å²) in [4.78, 5) is 22.7. The summed E-state index contributed by atoms with van der Waals surface area (Å²) in [6.07, 6.45) is 0. The van der Waals surface area contributed by atoms with Gasteiger partial charge in [-0.15, -0.1) is 0 Å². The van der Waals surface area contributed by atoms with E-state index in [0.717, 1.165) is 12.1 Å². The number of amides is 1. The summed E-state index contributed by atoms with van der Waals surface area (Å²) < 4.78 is 17.2. The molecule has 1 rings (SSSR count). The van der Waals surface area contributed by atoms with Gasteiger partial charge in [0.05, 0.1) is 6.61 Å². The maximum Gasteiger partial charge on any atom is 0.344 e. The highest BCUT2D eigenvalue weighted by atomic mass is 35.5. The number of carbonyl (C=O) groups is 2. The first-order chi connectivity index (χ1) is 8.04. The van der Waals surface area contributed by atoms with Crippen LogP contribution in [0.5, 0.6) is 0 Å². The van der Waals surface area contributed by atoms with E-state index in [2.05, 4.69) is 10.1 Å². The number of rotatable bonds is 4. The molecule has 1 aromatic rings. The third-order valence-corrected chi connectivity index (χ3v) is 2.15. The van der Waals surface area contributed by atoms with Gasteiger partial charge in [-0.1, -0.05) is 11.6 Å². The lowest BCUT2D eigenvalue weighted by atomic mass is 10.2. The van der Waals surface area contributed by atoms with Crippen LogP contribution in [-0.4, -0.2) is 24.0 Å². The van der Waals surface area contributed by atoms with Crippen molar-refractivity contribution in [2.45, 2.75) is 12.4 Å². The lowest BCUT2D eigenvalue weighted by molar-refractivity contribution is -0.143. The molecule has 1 aromatic carbocycles. The molecular formula is C11H11ClFNO3. The second-order valence-corrected chi connectivity index (χ2v) is 3.53. The number of ether oxygens (including phenoxy) is 1. The van der Waals surface area contributed by atoms with E-state index < -0.39 is 23.2 Å². The minimum Gasteiger partial charge on any atom is -0.464 e. The smallest absolute Gasteiger partial charge is 0.344 e. The summed E-state index contributed by atoms with van der Waals surface area (Å²) in [6, 6.07) is 4.86. The van der Waals surface area contributed by atoms with E-state index in [1.165, 1.54) is 12.1 Å². The highest BCUT2D eigenvalue weighted by molar-refractivity contribution is 6.30. The predicted octanol–water partition coefficient (Wildman–Crippen LogP) is 1.68. The van der Waals surface area contributed by atoms with Gasteiger partial charge in [-0.25, -0.2) is 9.18 Å². The molecule has 0 saturated heterocycles. The van der Waals surface area contributed by atoms with E-state index in [9.17, 15) is 14.0 Å². The number of esters is 1. The number of hydrogen-bond donors (Lipinski definition) is 1. The Hall–Kier alpha value is -1.62. The van der Waals surface area contributed by atoms with Crippen LogP contribution in [0.4, 0.5) is 4.39 Å². The minimum atomic E-state index is -1.26. The van der Waals surface area contributed by atoms with Crippen LogP contribution < -0.4 is 5.32 Å². The third kappa shape index (κ3) is 4.03. The molecule has 0 bridgehead atoms. The van der Waals surface area contributed by atoms with E-state index in [1.54, 1.807) is 6.92 Å². The van der Waals surface area contributed by atoms with Gasteiger partial charge in [0, 0.05) is 5.56 Å². The van der Waals surface area contributed by atoms with Gasteiger partial charge in [0.2, 0.25) is 5.50 Å². The molecule has 0 aromatic heterocycles. The molecule has 92 valence electrons. The molecule has 1 amide bonds. The standard InChI is InChI=1S/C11H11ClFNO3/c1-2-17-11(16)9(12)14-10(15)7-3-5-8(13)6-4-7/h3-6,9H,2H2,1H3,(H,14,15). The van der Waals surface area contributed by atoms with Gasteiger partial charge in [0.15, 0.2) is 0 Å². The fraction of sp³-hybridized carbons (Fsp3) is 0.273. The highest BCUT2D eigenvalue weighted by Gasteiger charge is 2.19. The molecule has 0 heterocycles. The van der Waals surface area contributed by atoms with Crippen LogP contribution in [0.2, 0.25) is 0 Å². The van der Waals surface area contributed by atoms with Gasteiger partial charge in [0.25, 0.3) is 5.91 Å². The quantitative estimate of drug-likeness (QED) is 0.509. The van der Waals surface area contributed by atoms with Crippen LogP contribution >= 0.6 is 11.6 Å². The molecule has 0 aliphatic rings. The van der Waals surface area contributed by atoms with Crippen LogP contribution in [0, 0.1) is 5.82 Å². The summed E-state index contributed by atoms with van der Waals surface area (Å²) in [5.41, 5.74) is -1.05. The lowest BCUT2D eigenvalue weighted by Crippen LogP contribution is -2.37. The first-order valence-electron chi connectivity index (χ1n) is 4.91. The number of halogens is 2. The zero-order valence-electron chi connectivity index (χ0n) is 9.07. The van der Waals surface area contributed by atoms with E-state index in [-0.39, 0.29) is 12.2 Å². The SMILES string of the molecule is CCOC(=O)C(Cl)NC(=O)c1ccc(F)cc1. The fourth-order valence-electron chi connectivity index (χ4n) is 1.07. The van der Waals surface area contributed by atoms with Gasteiger partial charge in [0.1, 0.15) is 5.82 Å². The maximum atomic E-state index is 12.6. The van der Waals surface area contributed by atoms with Crippen molar-refractivity contribution in [3.63, 3.8) is 0 Å². The Labute approximate surface area is 103 Å². The van der Waals surface area contributed by atoms with Crippen LogP contribution in [0.1, 0.15) is 17.3 Å². The van der Waals surface area contributed by atoms with Crippen LogP contribution in [0.25, 0.3) is 0 Å². The van der Waals surface area contributed by atoms with Gasteiger partial charge < -0.3 is 10.1 Å². The zero-order chi connectivity index (χ0) is 12.8. The second kappa shape index (κ2) is 6.20. The summed E-state index contributed by atoms with van der Waals surface area (Å²) in [6.45, 7) is 1.80. The highest BCUT2D eigenvalue weighted by Crippen LogP contribution is 2.04. The largest absolute Gasteiger partial charge is 0.464 e. The summed E-state index contributed by atoms with van der Waals surface area (Å²) >= 11 is 5.61. The number of carbonyl (C=O) groups excluding carboxylic acids is 2. The van der Waals surface area contributed by atoms with Crippen molar-refractivity contribution >= 4 is 23.5 Å². The molecule has 1 N–H and O–H groups in total. The Kier molecular flexibility index (Phi) is 4.90. The van der Waals surface area contributed by atoms with Gasteiger partial charge in [-0.3, -0.25) is 4.79 Å². The Bertz CT molecular complexity index is 408. The van der Waals surface area contributed by atoms with Crippen LogP contribution in [0.15, 0.2) is 24.3 Å². The van der Waals surface area contributed by atoms with E-state index >= 15 is 0 Å². The first kappa shape index (κ1) is 13.4. The predicted molar refractivity (Wildman–Crippen MR) is 60.1 cm³/mol. The van der Waals surface area contributed by atoms with Crippen LogP contribution in [-0.2, 0) is 9.53 Å². The number of hydrogen-bond acceptors (Lipinski definition) is 3. The molecule has 6 heteroatoms. The molecule has 0 fully saturated rings. The molecule has 0 aliphatic carbocycles. The van der Waals surface area contributed by atoms with Crippen molar-refractivity contribution in [2.75, 3.05) is 6.61 Å². The van der Waals surface area contributed by atoms with E-state index in [1.807, 2.05) is 0 Å². The van der Waals surface area contributed by atoms with Crippen molar-refractivity contribution in [3.8, 4) is 0 Å². The van der Waals surface area contributed by atoms with Crippen molar-refractivity contribution in [2.24, 2.45) is 0 Å². The lowest BCUT2D eigenvalue weighted by Gasteiger charge is -2.10. The molecule has 4 nitrogen and oxygen atoms in total. The number of benzene rings is 1. The second-order valence-electron chi connectivity index (χ2n) is 3.09. The van der Waals surface area contributed by atoms with Crippen molar-refractivity contribution in [1.29, 1.82) is 0 Å². The summed E-state index contributed by atoms with van der Waals surface area (Å²) in [7, 11) is 0. The van der Waals surface area contributed by atoms with E-state index in [4.69, 9.17) is 11.6 Å². The van der Waals surface area contributed by atoms with E-state index in [0.29, 0.717) is 0 Å². The van der Waals surface area contributed by atoms with Gasteiger partial charge in [-0.2, -0.15) is 0 Å². The molecule has 1 unspecified atom stereocenters. The minimum absolute atomic E-state index is 0.175. The first-order valence-corrected chi connectivity index (χ1v) is 5.35. The zero-order valence-corrected chi connectivity index (χ0v) is 9.83. The molecule has 0 spiro atoms. The summed E-state index contributed by atoms with van der Waals surface area (Å²) in [5.74, 6) is -1.75. The molecule has 0 radical (unpaired) electrons. The Balaban J connectivity index is 2.60. The number of nitrogens with one attached hydrogen (secondary N) is 1.